The number of aromatic nitrogens is 2. The van der Waals surface area contributed by atoms with E-state index in [2.05, 4.69) is 29.3 Å². The lowest BCUT2D eigenvalue weighted by Gasteiger charge is -2.37. The average molecular weight is 320 g/mol. The summed E-state index contributed by atoms with van der Waals surface area (Å²) in [7, 11) is 0. The average Bonchev–Trinajstić information content (AvgIpc) is 3.32. The van der Waals surface area contributed by atoms with Crippen LogP contribution < -0.4 is 0 Å². The van der Waals surface area contributed by atoms with Crippen LogP contribution in [0.5, 0.6) is 0 Å². The molecule has 0 saturated heterocycles. The molecule has 0 aliphatic heterocycles. The molecule has 1 aromatic heterocycles. The SMILES string of the molecule is CCC12CCC(=O)C(C3CCCC3)=C1c1ccc3[nH]ncc3c1C2. The van der Waals surface area contributed by atoms with Gasteiger partial charge in [0, 0.05) is 22.8 Å². The van der Waals surface area contributed by atoms with Gasteiger partial charge in [0.05, 0.1) is 11.7 Å². The monoisotopic (exact) mass is 320 g/mol. The lowest BCUT2D eigenvalue weighted by Crippen LogP contribution is -2.30. The number of benzene rings is 1. The van der Waals surface area contributed by atoms with Gasteiger partial charge in [-0.2, -0.15) is 5.10 Å². The summed E-state index contributed by atoms with van der Waals surface area (Å²) in [6.07, 6.45) is 10.9. The molecule has 1 aromatic carbocycles. The molecule has 5 rings (SSSR count). The second kappa shape index (κ2) is 5.05. The molecule has 1 saturated carbocycles. The topological polar surface area (TPSA) is 45.8 Å². The second-order valence-corrected chi connectivity index (χ2v) is 7.93. The van der Waals surface area contributed by atoms with Gasteiger partial charge in [-0.3, -0.25) is 9.89 Å². The van der Waals surface area contributed by atoms with Gasteiger partial charge in [0.2, 0.25) is 0 Å². The summed E-state index contributed by atoms with van der Waals surface area (Å²) in [5.41, 5.74) is 6.70. The standard InChI is InChI=1S/C21H24N2O/c1-2-21-10-9-18(24)19(13-5-3-4-6-13)20(21)14-7-8-17-16(12-22-23-17)15(14)11-21/h7-8,12-13H,2-6,9-11H2,1H3,(H,22,23). The Morgan fingerprint density at radius 2 is 2.12 bits per heavy atom. The van der Waals surface area contributed by atoms with Gasteiger partial charge >= 0.3 is 0 Å². The summed E-state index contributed by atoms with van der Waals surface area (Å²) in [5.74, 6) is 0.936. The number of Topliss-reactive ketones (excluding diaryl/α,β-unsaturated/α-hetero) is 1. The number of fused-ring (bicyclic) bond motifs is 5. The highest BCUT2D eigenvalue weighted by molar-refractivity contribution is 6.08. The lowest BCUT2D eigenvalue weighted by molar-refractivity contribution is -0.117. The Morgan fingerprint density at radius 3 is 2.92 bits per heavy atom. The molecule has 3 heteroatoms. The Morgan fingerprint density at radius 1 is 1.29 bits per heavy atom. The molecular weight excluding hydrogens is 296 g/mol. The number of nitrogens with zero attached hydrogens (tertiary/aromatic N) is 1. The van der Waals surface area contributed by atoms with Crippen molar-refractivity contribution in [3.8, 4) is 0 Å². The van der Waals surface area contributed by atoms with Crippen molar-refractivity contribution in [2.45, 2.75) is 58.3 Å². The number of allylic oxidation sites excluding steroid dienone is 2. The van der Waals surface area contributed by atoms with Gasteiger partial charge in [0.1, 0.15) is 0 Å². The van der Waals surface area contributed by atoms with Crippen LogP contribution in [0.3, 0.4) is 0 Å². The number of carbonyl (C=O) groups excluding carboxylic acids is 1. The van der Waals surface area contributed by atoms with E-state index >= 15 is 0 Å². The molecule has 1 N–H and O–H groups in total. The molecule has 3 aliphatic rings. The Kier molecular flexibility index (Phi) is 3.04. The minimum Gasteiger partial charge on any atom is -0.295 e. The third-order valence-electron chi connectivity index (χ3n) is 6.89. The minimum atomic E-state index is 0.180. The maximum atomic E-state index is 12.9. The van der Waals surface area contributed by atoms with E-state index in [1.54, 1.807) is 0 Å². The van der Waals surface area contributed by atoms with Gasteiger partial charge in [-0.05, 0) is 60.8 Å². The highest BCUT2D eigenvalue weighted by atomic mass is 16.1. The highest BCUT2D eigenvalue weighted by Crippen LogP contribution is 2.58. The molecule has 1 fully saturated rings. The number of rotatable bonds is 2. The summed E-state index contributed by atoms with van der Waals surface area (Å²) < 4.78 is 0. The summed E-state index contributed by atoms with van der Waals surface area (Å²) in [6.45, 7) is 2.31. The Labute approximate surface area is 142 Å². The van der Waals surface area contributed by atoms with E-state index in [9.17, 15) is 4.79 Å². The normalized spacial score (nSPS) is 27.1. The zero-order valence-electron chi connectivity index (χ0n) is 14.3. The maximum absolute atomic E-state index is 12.9. The molecule has 24 heavy (non-hydrogen) atoms. The fourth-order valence-electron chi connectivity index (χ4n) is 5.61. The van der Waals surface area contributed by atoms with E-state index < -0.39 is 0 Å². The number of carbonyl (C=O) groups is 1. The zero-order chi connectivity index (χ0) is 16.3. The van der Waals surface area contributed by atoms with Crippen LogP contribution in [0.4, 0.5) is 0 Å². The molecule has 1 heterocycles. The number of ketones is 1. The van der Waals surface area contributed by atoms with Gasteiger partial charge in [-0.15, -0.1) is 0 Å². The molecule has 124 valence electrons. The van der Waals surface area contributed by atoms with Gasteiger partial charge in [0.25, 0.3) is 0 Å². The first-order chi connectivity index (χ1) is 11.7. The van der Waals surface area contributed by atoms with Crippen molar-refractivity contribution < 1.29 is 4.79 Å². The Bertz CT molecular complexity index is 869. The molecule has 0 bridgehead atoms. The lowest BCUT2D eigenvalue weighted by atomic mass is 9.66. The molecule has 2 aromatic rings. The quantitative estimate of drug-likeness (QED) is 0.862. The third-order valence-corrected chi connectivity index (χ3v) is 6.89. The minimum absolute atomic E-state index is 0.180. The molecule has 0 amide bonds. The van der Waals surface area contributed by atoms with E-state index in [-0.39, 0.29) is 5.41 Å². The van der Waals surface area contributed by atoms with Crippen molar-refractivity contribution in [3.63, 3.8) is 0 Å². The predicted octanol–water partition coefficient (Wildman–Crippen LogP) is 4.82. The molecule has 1 atom stereocenters. The molecule has 0 spiro atoms. The first kappa shape index (κ1) is 14.4. The largest absolute Gasteiger partial charge is 0.295 e. The van der Waals surface area contributed by atoms with Crippen LogP contribution in [0.1, 0.15) is 63.0 Å². The fourth-order valence-corrected chi connectivity index (χ4v) is 5.61. The maximum Gasteiger partial charge on any atom is 0.159 e. The van der Waals surface area contributed by atoms with Crippen LogP contribution in [-0.4, -0.2) is 16.0 Å². The second-order valence-electron chi connectivity index (χ2n) is 7.93. The van der Waals surface area contributed by atoms with E-state index in [0.29, 0.717) is 11.7 Å². The van der Waals surface area contributed by atoms with Crippen LogP contribution in [0.25, 0.3) is 16.5 Å². The van der Waals surface area contributed by atoms with Crippen LogP contribution in [0.2, 0.25) is 0 Å². The van der Waals surface area contributed by atoms with Gasteiger partial charge in [-0.1, -0.05) is 25.8 Å². The summed E-state index contributed by atoms with van der Waals surface area (Å²) in [6, 6.07) is 4.39. The summed E-state index contributed by atoms with van der Waals surface area (Å²) in [5, 5.41) is 8.60. The molecule has 1 unspecified atom stereocenters. The van der Waals surface area contributed by atoms with Crippen molar-refractivity contribution in [3.05, 3.63) is 35.0 Å². The van der Waals surface area contributed by atoms with E-state index in [4.69, 9.17) is 0 Å². The van der Waals surface area contributed by atoms with Crippen LogP contribution in [0.15, 0.2) is 23.9 Å². The first-order valence-corrected chi connectivity index (χ1v) is 9.47. The highest BCUT2D eigenvalue weighted by Gasteiger charge is 2.48. The zero-order valence-corrected chi connectivity index (χ0v) is 14.3. The first-order valence-electron chi connectivity index (χ1n) is 9.47. The predicted molar refractivity (Wildman–Crippen MR) is 95.6 cm³/mol. The molecule has 0 radical (unpaired) electrons. The van der Waals surface area contributed by atoms with Gasteiger partial charge in [0.15, 0.2) is 5.78 Å². The van der Waals surface area contributed by atoms with E-state index in [1.807, 2.05) is 6.20 Å². The number of aromatic amines is 1. The van der Waals surface area contributed by atoms with Gasteiger partial charge < -0.3 is 0 Å². The van der Waals surface area contributed by atoms with Gasteiger partial charge in [-0.25, -0.2) is 0 Å². The van der Waals surface area contributed by atoms with E-state index in [0.717, 1.165) is 31.2 Å². The Balaban J connectivity index is 1.81. The van der Waals surface area contributed by atoms with Crippen LogP contribution in [0, 0.1) is 11.3 Å². The summed E-state index contributed by atoms with van der Waals surface area (Å²) >= 11 is 0. The third kappa shape index (κ3) is 1.78. The Hall–Kier alpha value is -1.90. The summed E-state index contributed by atoms with van der Waals surface area (Å²) in [4.78, 5) is 12.9. The van der Waals surface area contributed by atoms with Crippen LogP contribution in [-0.2, 0) is 11.2 Å². The van der Waals surface area contributed by atoms with Crippen LogP contribution >= 0.6 is 0 Å². The smallest absolute Gasteiger partial charge is 0.159 e. The van der Waals surface area contributed by atoms with Crippen molar-refractivity contribution in [1.82, 2.24) is 10.2 Å². The van der Waals surface area contributed by atoms with Crippen molar-refractivity contribution in [2.24, 2.45) is 11.3 Å². The number of H-pyrrole nitrogens is 1. The molecule has 3 aliphatic carbocycles. The van der Waals surface area contributed by atoms with Crippen molar-refractivity contribution in [1.29, 1.82) is 0 Å². The number of nitrogens with one attached hydrogen (secondary N) is 1. The fraction of sp³-hybridized carbons (Fsp3) is 0.524. The van der Waals surface area contributed by atoms with Crippen molar-refractivity contribution >= 4 is 22.3 Å². The van der Waals surface area contributed by atoms with E-state index in [1.165, 1.54) is 53.3 Å². The molecular formula is C21H24N2O. The van der Waals surface area contributed by atoms with Crippen molar-refractivity contribution in [2.75, 3.05) is 0 Å². The molecule has 3 nitrogen and oxygen atoms in total. The number of hydrogen-bond donors (Lipinski definition) is 1. The number of hydrogen-bond acceptors (Lipinski definition) is 2.